The summed E-state index contributed by atoms with van der Waals surface area (Å²) in [4.78, 5) is 12.9. The van der Waals surface area contributed by atoms with Gasteiger partial charge in [-0.25, -0.2) is 0 Å². The van der Waals surface area contributed by atoms with E-state index in [2.05, 4.69) is 5.32 Å². The molecule has 1 atom stereocenters. The molecule has 0 saturated heterocycles. The lowest BCUT2D eigenvalue weighted by atomic mass is 10.0. The minimum atomic E-state index is -0.369. The number of amides is 1. The van der Waals surface area contributed by atoms with Crippen LogP contribution in [0.4, 0.5) is 0 Å². The van der Waals surface area contributed by atoms with Crippen LogP contribution in [0.5, 0.6) is 0 Å². The van der Waals surface area contributed by atoms with Gasteiger partial charge in [0.1, 0.15) is 0 Å². The molecule has 17 heavy (non-hydrogen) atoms. The Hall–Kier alpha value is -0.290. The van der Waals surface area contributed by atoms with E-state index in [1.165, 1.54) is 11.3 Å². The predicted molar refractivity (Wildman–Crippen MR) is 76.3 cm³/mol. The number of hydrogen-bond donors (Lipinski definition) is 2. The molecule has 6 heteroatoms. The van der Waals surface area contributed by atoms with Crippen LogP contribution in [0.15, 0.2) is 12.1 Å². The maximum atomic E-state index is 11.9. The van der Waals surface area contributed by atoms with Crippen LogP contribution in [0.3, 0.4) is 0 Å². The highest BCUT2D eigenvalue weighted by Crippen LogP contribution is 2.28. The minimum Gasteiger partial charge on any atom is -0.349 e. The predicted octanol–water partition coefficient (Wildman–Crippen LogP) is 2.78. The maximum absolute atomic E-state index is 11.9. The van der Waals surface area contributed by atoms with Crippen molar-refractivity contribution in [1.29, 1.82) is 0 Å². The fourth-order valence-corrected chi connectivity index (χ4v) is 2.29. The lowest BCUT2D eigenvalue weighted by molar-refractivity contribution is -0.123. The Morgan fingerprint density at radius 1 is 1.59 bits per heavy atom. The van der Waals surface area contributed by atoms with Crippen LogP contribution in [-0.2, 0) is 4.79 Å². The first-order valence-electron chi connectivity index (χ1n) is 5.13. The van der Waals surface area contributed by atoms with Gasteiger partial charge in [-0.3, -0.25) is 4.79 Å². The van der Waals surface area contributed by atoms with Gasteiger partial charge in [-0.1, -0.05) is 11.6 Å². The van der Waals surface area contributed by atoms with Gasteiger partial charge in [-0.2, -0.15) is 0 Å². The number of carbonyl (C=O) groups is 1. The smallest absolute Gasteiger partial charge is 0.228 e. The van der Waals surface area contributed by atoms with Crippen molar-refractivity contribution < 1.29 is 4.79 Å². The number of rotatable bonds is 4. The summed E-state index contributed by atoms with van der Waals surface area (Å²) in [6, 6.07) is 3.69. The van der Waals surface area contributed by atoms with E-state index < -0.39 is 0 Å². The van der Waals surface area contributed by atoms with Gasteiger partial charge in [0.15, 0.2) is 0 Å². The largest absolute Gasteiger partial charge is 0.349 e. The second kappa shape index (κ2) is 6.59. The number of halogens is 2. The molecule has 3 N–H and O–H groups in total. The molecule has 0 aromatic carbocycles. The van der Waals surface area contributed by atoms with Gasteiger partial charge in [-0.05, 0) is 32.9 Å². The SMILES string of the molecule is CC(C(=O)NC(C)(C)CN)c1ccc(Cl)s1.Cl. The fraction of sp³-hybridized carbons (Fsp3) is 0.545. The van der Waals surface area contributed by atoms with Crippen LogP contribution in [0.1, 0.15) is 31.6 Å². The van der Waals surface area contributed by atoms with Crippen molar-refractivity contribution in [1.82, 2.24) is 5.32 Å². The van der Waals surface area contributed by atoms with E-state index in [4.69, 9.17) is 17.3 Å². The standard InChI is InChI=1S/C11H17ClN2OS.ClH/c1-7(8-4-5-9(12)16-8)10(15)14-11(2,3)6-13;/h4-5,7H,6,13H2,1-3H3,(H,14,15);1H. The second-order valence-electron chi connectivity index (χ2n) is 4.44. The first-order chi connectivity index (χ1) is 7.35. The first kappa shape index (κ1) is 16.7. The third-order valence-electron chi connectivity index (χ3n) is 2.39. The van der Waals surface area contributed by atoms with Crippen molar-refractivity contribution in [2.24, 2.45) is 5.73 Å². The van der Waals surface area contributed by atoms with Crippen LogP contribution in [0.2, 0.25) is 4.34 Å². The quantitative estimate of drug-likeness (QED) is 0.898. The molecule has 0 fully saturated rings. The highest BCUT2D eigenvalue weighted by Gasteiger charge is 2.23. The van der Waals surface area contributed by atoms with E-state index in [1.54, 1.807) is 6.07 Å². The zero-order valence-electron chi connectivity index (χ0n) is 10.1. The monoisotopic (exact) mass is 296 g/mol. The van der Waals surface area contributed by atoms with Gasteiger partial charge in [0.05, 0.1) is 10.3 Å². The van der Waals surface area contributed by atoms with Crippen LogP contribution in [-0.4, -0.2) is 18.0 Å². The van der Waals surface area contributed by atoms with E-state index in [9.17, 15) is 4.79 Å². The summed E-state index contributed by atoms with van der Waals surface area (Å²) in [6.45, 7) is 6.08. The van der Waals surface area contributed by atoms with Crippen LogP contribution < -0.4 is 11.1 Å². The molecular formula is C11H18Cl2N2OS. The molecule has 98 valence electrons. The molecule has 1 amide bonds. The van der Waals surface area contributed by atoms with Gasteiger partial charge >= 0.3 is 0 Å². The van der Waals surface area contributed by atoms with E-state index in [0.29, 0.717) is 10.9 Å². The Balaban J connectivity index is 0.00000256. The Morgan fingerprint density at radius 2 is 2.18 bits per heavy atom. The molecule has 1 aromatic rings. The molecule has 1 heterocycles. The summed E-state index contributed by atoms with van der Waals surface area (Å²) >= 11 is 7.27. The summed E-state index contributed by atoms with van der Waals surface area (Å²) in [7, 11) is 0. The summed E-state index contributed by atoms with van der Waals surface area (Å²) in [5.41, 5.74) is 5.20. The van der Waals surface area contributed by atoms with E-state index in [-0.39, 0.29) is 29.8 Å². The van der Waals surface area contributed by atoms with Crippen molar-refractivity contribution in [2.45, 2.75) is 32.2 Å². The van der Waals surface area contributed by atoms with Gasteiger partial charge in [0.2, 0.25) is 5.91 Å². The molecule has 0 saturated carbocycles. The summed E-state index contributed by atoms with van der Waals surface area (Å²) in [5.74, 6) is -0.211. The molecule has 3 nitrogen and oxygen atoms in total. The van der Waals surface area contributed by atoms with Crippen LogP contribution in [0.25, 0.3) is 0 Å². The van der Waals surface area contributed by atoms with Crippen molar-refractivity contribution in [2.75, 3.05) is 6.54 Å². The van der Waals surface area contributed by atoms with Crippen molar-refractivity contribution in [3.63, 3.8) is 0 Å². The number of nitrogens with one attached hydrogen (secondary N) is 1. The van der Waals surface area contributed by atoms with Crippen molar-refractivity contribution in [3.05, 3.63) is 21.3 Å². The summed E-state index contributed by atoms with van der Waals surface area (Å²) < 4.78 is 0.702. The topological polar surface area (TPSA) is 55.1 Å². The lowest BCUT2D eigenvalue weighted by Gasteiger charge is -2.25. The molecule has 0 aliphatic heterocycles. The zero-order valence-corrected chi connectivity index (χ0v) is 12.5. The van der Waals surface area contributed by atoms with E-state index in [0.717, 1.165) is 4.88 Å². The molecule has 0 aliphatic carbocycles. The van der Waals surface area contributed by atoms with Crippen LogP contribution >= 0.6 is 35.3 Å². The van der Waals surface area contributed by atoms with Gasteiger partial charge in [0.25, 0.3) is 0 Å². The highest BCUT2D eigenvalue weighted by molar-refractivity contribution is 7.16. The molecule has 0 radical (unpaired) electrons. The molecule has 1 rings (SSSR count). The first-order valence-corrected chi connectivity index (χ1v) is 6.32. The Morgan fingerprint density at radius 3 is 2.59 bits per heavy atom. The van der Waals surface area contributed by atoms with Gasteiger partial charge in [-0.15, -0.1) is 23.7 Å². The van der Waals surface area contributed by atoms with E-state index >= 15 is 0 Å². The van der Waals surface area contributed by atoms with Crippen LogP contribution in [0, 0.1) is 0 Å². The third kappa shape index (κ3) is 4.84. The average Bonchev–Trinajstić information content (AvgIpc) is 2.63. The molecule has 0 spiro atoms. The van der Waals surface area contributed by atoms with E-state index in [1.807, 2.05) is 26.8 Å². The second-order valence-corrected chi connectivity index (χ2v) is 6.19. The van der Waals surface area contributed by atoms with Crippen molar-refractivity contribution in [3.8, 4) is 0 Å². The zero-order chi connectivity index (χ0) is 12.3. The number of hydrogen-bond acceptors (Lipinski definition) is 3. The maximum Gasteiger partial charge on any atom is 0.228 e. The summed E-state index contributed by atoms with van der Waals surface area (Å²) in [5, 5.41) is 2.91. The number of carbonyl (C=O) groups excluding carboxylic acids is 1. The minimum absolute atomic E-state index is 0. The fourth-order valence-electron chi connectivity index (χ4n) is 1.18. The Bertz CT molecular complexity index is 379. The Kier molecular flexibility index (Phi) is 6.48. The lowest BCUT2D eigenvalue weighted by Crippen LogP contribution is -2.50. The molecule has 0 aliphatic rings. The summed E-state index contributed by atoms with van der Waals surface area (Å²) in [6.07, 6.45) is 0. The third-order valence-corrected chi connectivity index (χ3v) is 3.80. The van der Waals surface area contributed by atoms with Crippen molar-refractivity contribution >= 4 is 41.3 Å². The van der Waals surface area contributed by atoms with Gasteiger partial charge in [0, 0.05) is 17.0 Å². The highest BCUT2D eigenvalue weighted by atomic mass is 35.5. The number of thiophene rings is 1. The molecule has 1 unspecified atom stereocenters. The Labute approximate surface area is 117 Å². The molecule has 1 aromatic heterocycles. The van der Waals surface area contributed by atoms with Gasteiger partial charge < -0.3 is 11.1 Å². The molecule has 0 bridgehead atoms. The normalized spacial score (nSPS) is 12.8. The average molecular weight is 297 g/mol. The molecular weight excluding hydrogens is 279 g/mol. The number of nitrogens with two attached hydrogens (primary N) is 1.